The van der Waals surface area contributed by atoms with Gasteiger partial charge in [0.1, 0.15) is 0 Å². The molecule has 0 heterocycles. The van der Waals surface area contributed by atoms with Crippen molar-refractivity contribution in [1.29, 1.82) is 0 Å². The minimum atomic E-state index is -2.16. The fraction of sp³-hybridized carbons (Fsp3) is 0.818. The maximum Gasteiger partial charge on any atom is 0.238 e. The third-order valence-electron chi connectivity index (χ3n) is 2.26. The van der Waals surface area contributed by atoms with Crippen LogP contribution in [0.3, 0.4) is 0 Å². The van der Waals surface area contributed by atoms with Crippen LogP contribution in [0, 0.1) is 0 Å². The molecule has 0 bridgehead atoms. The lowest BCUT2D eigenvalue weighted by Gasteiger charge is -2.24. The third kappa shape index (κ3) is 5.95. The van der Waals surface area contributed by atoms with Gasteiger partial charge in [0.05, 0.1) is 0 Å². The van der Waals surface area contributed by atoms with Crippen LogP contribution in [0.15, 0.2) is 11.8 Å². The molecule has 0 spiro atoms. The highest BCUT2D eigenvalue weighted by Gasteiger charge is 2.06. The van der Waals surface area contributed by atoms with Crippen molar-refractivity contribution in [2.75, 3.05) is 13.1 Å². The summed E-state index contributed by atoms with van der Waals surface area (Å²) in [7, 11) is 0. The van der Waals surface area contributed by atoms with Crippen molar-refractivity contribution < 1.29 is 8.78 Å². The van der Waals surface area contributed by atoms with Crippen LogP contribution < -0.4 is 0 Å². The normalized spacial score (nSPS) is 12.3. The Balaban J connectivity index is 3.85. The first kappa shape index (κ1) is 13.4. The predicted molar refractivity (Wildman–Crippen MR) is 56.5 cm³/mol. The van der Waals surface area contributed by atoms with E-state index in [1.165, 1.54) is 5.70 Å². The summed E-state index contributed by atoms with van der Waals surface area (Å²) in [6.07, 6.45) is 1.50. The summed E-state index contributed by atoms with van der Waals surface area (Å²) >= 11 is 0. The van der Waals surface area contributed by atoms with Crippen LogP contribution in [-0.2, 0) is 0 Å². The number of hydrogen-bond donors (Lipinski definition) is 0. The van der Waals surface area contributed by atoms with E-state index < -0.39 is 6.43 Å². The molecule has 0 fully saturated rings. The number of nitrogens with zero attached hydrogens (tertiary/aromatic N) is 1. The highest BCUT2D eigenvalue weighted by atomic mass is 19.3. The number of rotatable bonds is 7. The van der Waals surface area contributed by atoms with E-state index in [0.717, 1.165) is 19.5 Å². The van der Waals surface area contributed by atoms with Gasteiger partial charge in [-0.1, -0.05) is 13.0 Å². The summed E-state index contributed by atoms with van der Waals surface area (Å²) in [6, 6.07) is 0. The van der Waals surface area contributed by atoms with Gasteiger partial charge in [0.15, 0.2) is 0 Å². The Morgan fingerprint density at radius 1 is 1.36 bits per heavy atom. The van der Waals surface area contributed by atoms with Crippen molar-refractivity contribution in [3.63, 3.8) is 0 Å². The number of allylic oxidation sites excluding steroid dienone is 2. The van der Waals surface area contributed by atoms with E-state index in [4.69, 9.17) is 0 Å². The molecule has 0 saturated heterocycles. The Labute approximate surface area is 85.8 Å². The Kier molecular flexibility index (Phi) is 7.44. The maximum atomic E-state index is 11.9. The molecule has 0 rings (SSSR count). The van der Waals surface area contributed by atoms with Gasteiger partial charge in [-0.2, -0.15) is 0 Å². The number of alkyl halides is 2. The standard InChI is InChI=1S/C11H21F2N/c1-4-8-14(10(3)5-2)9-6-7-11(12)13/h5,11H,4,6-9H2,1-3H3/b10-5+. The molecule has 0 aromatic heterocycles. The molecule has 0 aliphatic rings. The molecule has 0 unspecified atom stereocenters. The zero-order valence-electron chi connectivity index (χ0n) is 9.39. The zero-order valence-corrected chi connectivity index (χ0v) is 9.39. The third-order valence-corrected chi connectivity index (χ3v) is 2.26. The Hall–Kier alpha value is -0.600. The van der Waals surface area contributed by atoms with Gasteiger partial charge in [0, 0.05) is 25.2 Å². The molecule has 0 atom stereocenters. The lowest BCUT2D eigenvalue weighted by molar-refractivity contribution is 0.130. The molecule has 14 heavy (non-hydrogen) atoms. The van der Waals surface area contributed by atoms with Gasteiger partial charge in [0.2, 0.25) is 6.43 Å². The highest BCUT2D eigenvalue weighted by molar-refractivity contribution is 4.94. The molecule has 0 aromatic rings. The van der Waals surface area contributed by atoms with Crippen molar-refractivity contribution in [2.24, 2.45) is 0 Å². The average Bonchev–Trinajstić information content (AvgIpc) is 2.15. The van der Waals surface area contributed by atoms with Gasteiger partial charge in [0.25, 0.3) is 0 Å². The van der Waals surface area contributed by atoms with Crippen molar-refractivity contribution in [1.82, 2.24) is 4.90 Å². The van der Waals surface area contributed by atoms with Gasteiger partial charge in [-0.3, -0.25) is 0 Å². The molecule has 84 valence electrons. The Morgan fingerprint density at radius 2 is 2.00 bits per heavy atom. The first-order valence-corrected chi connectivity index (χ1v) is 5.27. The van der Waals surface area contributed by atoms with Gasteiger partial charge >= 0.3 is 0 Å². The number of halogens is 2. The van der Waals surface area contributed by atoms with Crippen molar-refractivity contribution >= 4 is 0 Å². The molecule has 1 nitrogen and oxygen atoms in total. The van der Waals surface area contributed by atoms with Gasteiger partial charge in [-0.25, -0.2) is 8.78 Å². The van der Waals surface area contributed by atoms with Crippen molar-refractivity contribution in [3.8, 4) is 0 Å². The van der Waals surface area contributed by atoms with E-state index in [2.05, 4.69) is 11.8 Å². The minimum Gasteiger partial charge on any atom is -0.375 e. The Morgan fingerprint density at radius 3 is 2.43 bits per heavy atom. The van der Waals surface area contributed by atoms with E-state index in [1.807, 2.05) is 19.9 Å². The smallest absolute Gasteiger partial charge is 0.238 e. The van der Waals surface area contributed by atoms with Gasteiger partial charge in [-0.05, 0) is 26.7 Å². The molecule has 0 aliphatic heterocycles. The first-order valence-electron chi connectivity index (χ1n) is 5.27. The summed E-state index contributed by atoms with van der Waals surface area (Å²) in [6.45, 7) is 7.81. The Bertz CT molecular complexity index is 167. The monoisotopic (exact) mass is 205 g/mol. The summed E-state index contributed by atoms with van der Waals surface area (Å²) in [5, 5.41) is 0. The SMILES string of the molecule is C/C=C(\C)N(CCC)CCCC(F)F. The fourth-order valence-corrected chi connectivity index (χ4v) is 1.35. The van der Waals surface area contributed by atoms with Crippen LogP contribution >= 0.6 is 0 Å². The summed E-state index contributed by atoms with van der Waals surface area (Å²) in [4.78, 5) is 2.17. The second kappa shape index (κ2) is 7.77. The van der Waals surface area contributed by atoms with E-state index in [0.29, 0.717) is 6.42 Å². The van der Waals surface area contributed by atoms with Crippen molar-refractivity contribution in [3.05, 3.63) is 11.8 Å². The van der Waals surface area contributed by atoms with E-state index in [1.54, 1.807) is 0 Å². The topological polar surface area (TPSA) is 3.24 Å². The van der Waals surface area contributed by atoms with Gasteiger partial charge in [-0.15, -0.1) is 0 Å². The number of hydrogen-bond acceptors (Lipinski definition) is 1. The zero-order chi connectivity index (χ0) is 11.0. The van der Waals surface area contributed by atoms with Crippen molar-refractivity contribution in [2.45, 2.75) is 46.5 Å². The molecular weight excluding hydrogens is 184 g/mol. The minimum absolute atomic E-state index is 0.0111. The second-order valence-corrected chi connectivity index (χ2v) is 3.45. The molecule has 0 saturated carbocycles. The predicted octanol–water partition coefficient (Wildman–Crippen LogP) is 3.67. The van der Waals surface area contributed by atoms with Crippen LogP contribution in [0.25, 0.3) is 0 Å². The first-order chi connectivity index (χ1) is 6.61. The molecule has 0 radical (unpaired) electrons. The van der Waals surface area contributed by atoms with Gasteiger partial charge < -0.3 is 4.90 Å². The maximum absolute atomic E-state index is 11.9. The van der Waals surface area contributed by atoms with Crippen LogP contribution in [-0.4, -0.2) is 24.4 Å². The highest BCUT2D eigenvalue weighted by Crippen LogP contribution is 2.09. The van der Waals surface area contributed by atoms with Crippen LogP contribution in [0.2, 0.25) is 0 Å². The fourth-order valence-electron chi connectivity index (χ4n) is 1.35. The quantitative estimate of drug-likeness (QED) is 0.613. The lowest BCUT2D eigenvalue weighted by atomic mass is 10.2. The summed E-state index contributed by atoms with van der Waals surface area (Å²) < 4.78 is 23.8. The second-order valence-electron chi connectivity index (χ2n) is 3.45. The summed E-state index contributed by atoms with van der Waals surface area (Å²) in [5.41, 5.74) is 1.18. The van der Waals surface area contributed by atoms with Crippen LogP contribution in [0.4, 0.5) is 8.78 Å². The lowest BCUT2D eigenvalue weighted by Crippen LogP contribution is -2.24. The largest absolute Gasteiger partial charge is 0.375 e. The molecule has 0 amide bonds. The van der Waals surface area contributed by atoms with E-state index >= 15 is 0 Å². The van der Waals surface area contributed by atoms with E-state index in [9.17, 15) is 8.78 Å². The molecule has 0 aromatic carbocycles. The average molecular weight is 205 g/mol. The molecular formula is C11H21F2N. The molecule has 0 N–H and O–H groups in total. The van der Waals surface area contributed by atoms with Crippen LogP contribution in [0.5, 0.6) is 0 Å². The molecule has 0 aliphatic carbocycles. The molecule has 3 heteroatoms. The van der Waals surface area contributed by atoms with E-state index in [-0.39, 0.29) is 6.42 Å². The van der Waals surface area contributed by atoms with Crippen LogP contribution in [0.1, 0.15) is 40.0 Å². The summed E-state index contributed by atoms with van der Waals surface area (Å²) in [5.74, 6) is 0.